The molecule has 0 radical (unpaired) electrons. The Hall–Kier alpha value is -1.97. The fourth-order valence-corrected chi connectivity index (χ4v) is 5.33. The molecule has 3 atom stereocenters. The fraction of sp³-hybridized carbons (Fsp3) is 0.556. The van der Waals surface area contributed by atoms with Crippen molar-refractivity contribution in [2.45, 2.75) is 49.8 Å². The molecule has 2 heterocycles. The van der Waals surface area contributed by atoms with Gasteiger partial charge in [-0.25, -0.2) is 13.2 Å². The van der Waals surface area contributed by atoms with E-state index in [4.69, 9.17) is 4.74 Å². The molecule has 2 fully saturated rings. The van der Waals surface area contributed by atoms with Crippen molar-refractivity contribution in [3.63, 3.8) is 0 Å². The highest BCUT2D eigenvalue weighted by Crippen LogP contribution is 2.24. The number of likely N-dealkylation sites (tertiary alicyclic amines) is 1. The van der Waals surface area contributed by atoms with Crippen LogP contribution in [0, 0.1) is 0 Å². The van der Waals surface area contributed by atoms with Crippen molar-refractivity contribution in [2.24, 2.45) is 0 Å². The van der Waals surface area contributed by atoms with E-state index < -0.39 is 27.9 Å². The Morgan fingerprint density at radius 1 is 1.19 bits per heavy atom. The molecule has 0 aliphatic carbocycles. The van der Waals surface area contributed by atoms with E-state index in [-0.39, 0.29) is 35.8 Å². The molecule has 2 aliphatic heterocycles. The van der Waals surface area contributed by atoms with Crippen LogP contribution in [0.4, 0.5) is 0 Å². The van der Waals surface area contributed by atoms with Crippen molar-refractivity contribution in [2.75, 3.05) is 19.6 Å². The van der Waals surface area contributed by atoms with Crippen LogP contribution in [0.15, 0.2) is 29.2 Å². The monoisotopic (exact) mass is 396 g/mol. The van der Waals surface area contributed by atoms with Gasteiger partial charge in [-0.3, -0.25) is 4.79 Å². The average Bonchev–Trinajstić information content (AvgIpc) is 3.10. The first-order valence-electron chi connectivity index (χ1n) is 8.99. The number of amides is 1. The Bertz CT molecular complexity index is 830. The van der Waals surface area contributed by atoms with Gasteiger partial charge in [0.05, 0.1) is 17.1 Å². The number of sulfonamides is 1. The zero-order chi connectivity index (χ0) is 19.8. The van der Waals surface area contributed by atoms with Crippen molar-refractivity contribution < 1.29 is 27.9 Å². The number of nitrogens with zero attached hydrogens (tertiary/aromatic N) is 2. The second-order valence-electron chi connectivity index (χ2n) is 7.10. The number of ether oxygens (including phenoxy) is 1. The highest BCUT2D eigenvalue weighted by atomic mass is 32.2. The number of benzene rings is 1. The van der Waals surface area contributed by atoms with Crippen molar-refractivity contribution >= 4 is 21.9 Å². The van der Waals surface area contributed by atoms with Crippen LogP contribution in [0.2, 0.25) is 0 Å². The minimum absolute atomic E-state index is 0.0284. The zero-order valence-corrected chi connectivity index (χ0v) is 16.2. The van der Waals surface area contributed by atoms with Crippen LogP contribution in [0.1, 0.15) is 37.0 Å². The Kier molecular flexibility index (Phi) is 5.55. The SMILES string of the molecule is C[C@@H]1CN(S(=O)(=O)c2cccc(C(=O)N3CCC[C@@H]3C(=O)O)c2)C[C@@H](C)O1. The van der Waals surface area contributed by atoms with Crippen LogP contribution in [-0.4, -0.2) is 72.5 Å². The summed E-state index contributed by atoms with van der Waals surface area (Å²) < 4.78 is 33.0. The normalized spacial score (nSPS) is 26.9. The highest BCUT2D eigenvalue weighted by Gasteiger charge is 2.36. The second kappa shape index (κ2) is 7.57. The quantitative estimate of drug-likeness (QED) is 0.819. The van der Waals surface area contributed by atoms with Gasteiger partial charge in [0, 0.05) is 25.2 Å². The van der Waals surface area contributed by atoms with Crippen LogP contribution < -0.4 is 0 Å². The molecule has 9 heteroatoms. The maximum Gasteiger partial charge on any atom is 0.326 e. The smallest absolute Gasteiger partial charge is 0.326 e. The van der Waals surface area contributed by atoms with Gasteiger partial charge < -0.3 is 14.7 Å². The van der Waals surface area contributed by atoms with E-state index in [0.717, 1.165) is 0 Å². The van der Waals surface area contributed by atoms with Gasteiger partial charge in [0.2, 0.25) is 10.0 Å². The molecule has 148 valence electrons. The van der Waals surface area contributed by atoms with E-state index in [1.165, 1.54) is 33.5 Å². The summed E-state index contributed by atoms with van der Waals surface area (Å²) in [5.74, 6) is -1.50. The van der Waals surface area contributed by atoms with Gasteiger partial charge in [-0.1, -0.05) is 6.07 Å². The summed E-state index contributed by atoms with van der Waals surface area (Å²) in [5.41, 5.74) is 0.179. The molecule has 2 saturated heterocycles. The summed E-state index contributed by atoms with van der Waals surface area (Å²) in [5, 5.41) is 9.27. The molecule has 3 rings (SSSR count). The number of carbonyl (C=O) groups is 2. The number of hydrogen-bond acceptors (Lipinski definition) is 5. The largest absolute Gasteiger partial charge is 0.480 e. The minimum atomic E-state index is -3.77. The predicted octanol–water partition coefficient (Wildman–Crippen LogP) is 1.17. The molecule has 0 bridgehead atoms. The number of rotatable bonds is 4. The predicted molar refractivity (Wildman–Crippen MR) is 96.9 cm³/mol. The van der Waals surface area contributed by atoms with Gasteiger partial charge in [-0.2, -0.15) is 4.31 Å². The lowest BCUT2D eigenvalue weighted by atomic mass is 10.1. The summed E-state index contributed by atoms with van der Waals surface area (Å²) in [6.45, 7) is 4.48. The maximum atomic E-state index is 13.0. The van der Waals surface area contributed by atoms with Crippen molar-refractivity contribution in [1.29, 1.82) is 0 Å². The third kappa shape index (κ3) is 3.99. The lowest BCUT2D eigenvalue weighted by Crippen LogP contribution is -2.48. The summed E-state index contributed by atoms with van der Waals surface area (Å²) in [7, 11) is -3.77. The summed E-state index contributed by atoms with van der Waals surface area (Å²) in [6.07, 6.45) is 0.593. The minimum Gasteiger partial charge on any atom is -0.480 e. The number of carboxylic acid groups (broad SMARTS) is 1. The van der Waals surface area contributed by atoms with E-state index in [9.17, 15) is 23.1 Å². The van der Waals surface area contributed by atoms with Crippen molar-refractivity contribution in [3.05, 3.63) is 29.8 Å². The molecule has 0 unspecified atom stereocenters. The van der Waals surface area contributed by atoms with Crippen molar-refractivity contribution in [1.82, 2.24) is 9.21 Å². The third-order valence-corrected chi connectivity index (χ3v) is 6.73. The number of carboxylic acids is 1. The first-order valence-corrected chi connectivity index (χ1v) is 10.4. The second-order valence-corrected chi connectivity index (χ2v) is 9.04. The highest BCUT2D eigenvalue weighted by molar-refractivity contribution is 7.89. The Balaban J connectivity index is 1.87. The van der Waals surface area contributed by atoms with E-state index >= 15 is 0 Å². The summed E-state index contributed by atoms with van der Waals surface area (Å²) in [4.78, 5) is 25.4. The molecule has 1 N–H and O–H groups in total. The van der Waals surface area contributed by atoms with Gasteiger partial charge >= 0.3 is 5.97 Å². The molecule has 0 saturated carbocycles. The molecule has 27 heavy (non-hydrogen) atoms. The summed E-state index contributed by atoms with van der Waals surface area (Å²) >= 11 is 0. The first-order chi connectivity index (χ1) is 12.7. The molecule has 1 aromatic rings. The molecule has 1 aromatic carbocycles. The maximum absolute atomic E-state index is 13.0. The van der Waals surface area contributed by atoms with Crippen LogP contribution >= 0.6 is 0 Å². The number of morpholine rings is 1. The van der Waals surface area contributed by atoms with Gasteiger partial charge in [-0.05, 0) is 44.9 Å². The fourth-order valence-electron chi connectivity index (χ4n) is 3.70. The number of carbonyl (C=O) groups excluding carboxylic acids is 1. The van der Waals surface area contributed by atoms with Crippen molar-refractivity contribution in [3.8, 4) is 0 Å². The summed E-state index contributed by atoms with van der Waals surface area (Å²) in [6, 6.07) is 4.95. The molecule has 8 nitrogen and oxygen atoms in total. The van der Waals surface area contributed by atoms with Crippen LogP contribution in [0.25, 0.3) is 0 Å². The molecule has 0 aromatic heterocycles. The van der Waals surface area contributed by atoms with Gasteiger partial charge in [-0.15, -0.1) is 0 Å². The molecule has 0 spiro atoms. The lowest BCUT2D eigenvalue weighted by molar-refractivity contribution is -0.141. The molecule has 2 aliphatic rings. The van der Waals surface area contributed by atoms with E-state index in [1.54, 1.807) is 0 Å². The topological polar surface area (TPSA) is 104 Å². The molecular formula is C18H24N2O6S. The van der Waals surface area contributed by atoms with Gasteiger partial charge in [0.1, 0.15) is 6.04 Å². The number of aliphatic carboxylic acids is 1. The lowest BCUT2D eigenvalue weighted by Gasteiger charge is -2.34. The first kappa shape index (κ1) is 19.8. The Labute approximate surface area is 158 Å². The Morgan fingerprint density at radius 2 is 1.85 bits per heavy atom. The Morgan fingerprint density at radius 3 is 2.48 bits per heavy atom. The van der Waals surface area contributed by atoms with Gasteiger partial charge in [0.25, 0.3) is 5.91 Å². The van der Waals surface area contributed by atoms with Crippen LogP contribution in [0.5, 0.6) is 0 Å². The molecular weight excluding hydrogens is 372 g/mol. The average molecular weight is 396 g/mol. The van der Waals surface area contributed by atoms with Crippen LogP contribution in [-0.2, 0) is 19.6 Å². The van der Waals surface area contributed by atoms with E-state index in [0.29, 0.717) is 19.4 Å². The molecule has 1 amide bonds. The zero-order valence-electron chi connectivity index (χ0n) is 15.4. The number of hydrogen-bond donors (Lipinski definition) is 1. The van der Waals surface area contributed by atoms with E-state index in [2.05, 4.69) is 0 Å². The third-order valence-electron chi connectivity index (χ3n) is 4.90. The van der Waals surface area contributed by atoms with E-state index in [1.807, 2.05) is 13.8 Å². The van der Waals surface area contributed by atoms with Crippen LogP contribution in [0.3, 0.4) is 0 Å². The van der Waals surface area contributed by atoms with Gasteiger partial charge in [0.15, 0.2) is 0 Å². The standard InChI is InChI=1S/C18H24N2O6S/c1-12-10-19(11-13(2)26-12)27(24,25)15-6-3-5-14(9-15)17(21)20-8-4-7-16(20)18(22)23/h3,5-6,9,12-13,16H,4,7-8,10-11H2,1-2H3,(H,22,23)/t12-,13-,16-/m1/s1.